The van der Waals surface area contributed by atoms with Crippen LogP contribution in [-0.4, -0.2) is 51.5 Å². The molecule has 202 valence electrons. The molecule has 7 nitrogen and oxygen atoms in total. The van der Waals surface area contributed by atoms with Crippen LogP contribution in [0.15, 0.2) is 9.70 Å². The smallest absolute Gasteiger partial charge is 0.270 e. The number of carbonyl (C=O) groups excluding carboxylic acids is 1. The Hall–Kier alpha value is -2.15. The minimum absolute atomic E-state index is 0.00630. The molecule has 0 aliphatic carbocycles. The maximum absolute atomic E-state index is 13.5. The van der Waals surface area contributed by atoms with Crippen molar-refractivity contribution in [3.05, 3.63) is 31.9 Å². The summed E-state index contributed by atoms with van der Waals surface area (Å²) in [5, 5.41) is 9.90. The van der Waals surface area contributed by atoms with E-state index in [4.69, 9.17) is 17.0 Å². The van der Waals surface area contributed by atoms with Crippen molar-refractivity contribution in [2.45, 2.75) is 98.3 Å². The van der Waals surface area contributed by atoms with Gasteiger partial charge >= 0.3 is 0 Å². The molecule has 2 aliphatic rings. The molecule has 0 aromatic carbocycles. The number of hydrogen-bond donors (Lipinski definition) is 0. The molecular formula is C28H40N4O3S2. The fourth-order valence-electron chi connectivity index (χ4n) is 5.06. The molecule has 0 bridgehead atoms. The van der Waals surface area contributed by atoms with Crippen LogP contribution in [0.3, 0.4) is 0 Å². The summed E-state index contributed by atoms with van der Waals surface area (Å²) in [6.45, 7) is 12.5. The lowest BCUT2D eigenvalue weighted by Gasteiger charge is -2.39. The zero-order chi connectivity index (χ0) is 27.1. The summed E-state index contributed by atoms with van der Waals surface area (Å²) in [6, 6.07) is 2.13. The number of ether oxygens (including phenoxy) is 1. The second-order valence-electron chi connectivity index (χ2n) is 10.1. The first-order chi connectivity index (χ1) is 17.7. The highest BCUT2D eigenvalue weighted by molar-refractivity contribution is 8.26. The van der Waals surface area contributed by atoms with Gasteiger partial charge in [-0.3, -0.25) is 19.1 Å². The van der Waals surface area contributed by atoms with Crippen molar-refractivity contribution in [1.29, 1.82) is 5.26 Å². The molecule has 9 heteroatoms. The van der Waals surface area contributed by atoms with E-state index in [9.17, 15) is 14.9 Å². The van der Waals surface area contributed by atoms with E-state index in [2.05, 4.69) is 24.8 Å². The van der Waals surface area contributed by atoms with E-state index in [-0.39, 0.29) is 29.2 Å². The summed E-state index contributed by atoms with van der Waals surface area (Å²) >= 11 is 6.89. The third-order valence-electron chi connectivity index (χ3n) is 6.94. The fourth-order valence-corrected chi connectivity index (χ4v) is 6.35. The Bertz CT molecular complexity index is 1130. The SMILES string of the molecule is CCCCCCCN1C(=O)C(=Cc2c(C)c(C#N)c(=O)n(CCCC)c2N2CC(C)OC(C)C2)SC1=S. The van der Waals surface area contributed by atoms with Gasteiger partial charge < -0.3 is 9.64 Å². The predicted octanol–water partition coefficient (Wildman–Crippen LogP) is 5.61. The van der Waals surface area contributed by atoms with Gasteiger partial charge in [0.2, 0.25) is 0 Å². The number of thiocarbonyl (C=S) groups is 1. The molecule has 3 rings (SSSR count). The molecule has 0 N–H and O–H groups in total. The molecule has 2 fully saturated rings. The van der Waals surface area contributed by atoms with Crippen molar-refractivity contribution in [3.8, 4) is 6.07 Å². The van der Waals surface area contributed by atoms with E-state index < -0.39 is 0 Å². The molecular weight excluding hydrogens is 504 g/mol. The largest absolute Gasteiger partial charge is 0.372 e. The Balaban J connectivity index is 2.07. The maximum atomic E-state index is 13.5. The lowest BCUT2D eigenvalue weighted by Crippen LogP contribution is -2.48. The van der Waals surface area contributed by atoms with Gasteiger partial charge in [0.05, 0.1) is 17.1 Å². The van der Waals surface area contributed by atoms with Crippen molar-refractivity contribution < 1.29 is 9.53 Å². The van der Waals surface area contributed by atoms with E-state index in [1.165, 1.54) is 24.6 Å². The number of nitrogens with zero attached hydrogens (tertiary/aromatic N) is 4. The van der Waals surface area contributed by atoms with Crippen molar-refractivity contribution in [2.75, 3.05) is 24.5 Å². The van der Waals surface area contributed by atoms with Gasteiger partial charge in [0, 0.05) is 31.7 Å². The first-order valence-electron chi connectivity index (χ1n) is 13.6. The normalized spacial score (nSPS) is 21.2. The molecule has 2 atom stereocenters. The van der Waals surface area contributed by atoms with E-state index in [1.54, 1.807) is 16.4 Å². The van der Waals surface area contributed by atoms with Gasteiger partial charge in [-0.15, -0.1) is 0 Å². The Kier molecular flexibility index (Phi) is 10.8. The third-order valence-corrected chi connectivity index (χ3v) is 8.31. The number of aromatic nitrogens is 1. The number of pyridine rings is 1. The lowest BCUT2D eigenvalue weighted by atomic mass is 10.0. The number of amides is 1. The second kappa shape index (κ2) is 13.6. The number of thioether (sulfide) groups is 1. The third kappa shape index (κ3) is 6.84. The highest BCUT2D eigenvalue weighted by atomic mass is 32.2. The van der Waals surface area contributed by atoms with Crippen molar-refractivity contribution >= 4 is 46.1 Å². The first kappa shape index (κ1) is 29.4. The number of hydrogen-bond acceptors (Lipinski definition) is 7. The molecule has 1 aromatic rings. The standard InChI is InChI=1S/C28H40N4O3S2/c1-6-8-10-11-12-14-32-27(34)24(37-28(32)36)15-22-21(5)23(16-29)26(33)31(13-9-7-2)25(22)30-17-19(3)35-20(4)18-30/h15,19-20H,6-14,17-18H2,1-5H3. The zero-order valence-electron chi connectivity index (χ0n) is 22.8. The van der Waals surface area contributed by atoms with Crippen LogP contribution in [0.25, 0.3) is 6.08 Å². The highest BCUT2D eigenvalue weighted by Gasteiger charge is 2.34. The van der Waals surface area contributed by atoms with Crippen molar-refractivity contribution in [3.63, 3.8) is 0 Å². The van der Waals surface area contributed by atoms with Crippen LogP contribution in [-0.2, 0) is 16.1 Å². The van der Waals surface area contributed by atoms with Crippen LogP contribution in [0.2, 0.25) is 0 Å². The molecule has 2 aliphatic heterocycles. The highest BCUT2D eigenvalue weighted by Crippen LogP contribution is 2.36. The zero-order valence-corrected chi connectivity index (χ0v) is 24.5. The summed E-state index contributed by atoms with van der Waals surface area (Å²) < 4.78 is 8.27. The monoisotopic (exact) mass is 544 g/mol. The number of unbranched alkanes of at least 4 members (excludes halogenated alkanes) is 5. The second-order valence-corrected chi connectivity index (χ2v) is 11.7. The van der Waals surface area contributed by atoms with Gasteiger partial charge in [-0.05, 0) is 45.3 Å². The number of rotatable bonds is 11. The molecule has 2 saturated heterocycles. The fraction of sp³-hybridized carbons (Fsp3) is 0.643. The summed E-state index contributed by atoms with van der Waals surface area (Å²) in [5.41, 5.74) is 1.21. The number of nitriles is 1. The minimum atomic E-state index is -0.271. The van der Waals surface area contributed by atoms with E-state index in [0.717, 1.165) is 43.5 Å². The quantitative estimate of drug-likeness (QED) is 0.203. The molecule has 1 aromatic heterocycles. The van der Waals surface area contributed by atoms with Gasteiger partial charge in [-0.2, -0.15) is 5.26 Å². The van der Waals surface area contributed by atoms with Crippen molar-refractivity contribution in [2.24, 2.45) is 0 Å². The van der Waals surface area contributed by atoms with Crippen LogP contribution in [0.1, 0.15) is 89.3 Å². The Morgan fingerprint density at radius 3 is 2.32 bits per heavy atom. The van der Waals surface area contributed by atoms with E-state index >= 15 is 0 Å². The Labute approximate surface area is 230 Å². The molecule has 0 saturated carbocycles. The number of morpholine rings is 1. The minimum Gasteiger partial charge on any atom is -0.372 e. The molecule has 3 heterocycles. The average Bonchev–Trinajstić information content (AvgIpc) is 3.11. The maximum Gasteiger partial charge on any atom is 0.270 e. The van der Waals surface area contributed by atoms with Crippen LogP contribution in [0.5, 0.6) is 0 Å². The first-order valence-corrected chi connectivity index (χ1v) is 14.8. The van der Waals surface area contributed by atoms with Gasteiger partial charge in [-0.25, -0.2) is 0 Å². The molecule has 0 radical (unpaired) electrons. The molecule has 37 heavy (non-hydrogen) atoms. The van der Waals surface area contributed by atoms with E-state index in [1.807, 2.05) is 19.9 Å². The van der Waals surface area contributed by atoms with Gasteiger partial charge in [0.25, 0.3) is 11.5 Å². The average molecular weight is 545 g/mol. The summed E-state index contributed by atoms with van der Waals surface area (Å²) in [7, 11) is 0. The Morgan fingerprint density at radius 2 is 1.70 bits per heavy atom. The number of carbonyl (C=O) groups is 1. The van der Waals surface area contributed by atoms with Crippen LogP contribution < -0.4 is 10.5 Å². The topological polar surface area (TPSA) is 78.6 Å². The predicted molar refractivity (Wildman–Crippen MR) is 156 cm³/mol. The molecule has 2 unspecified atom stereocenters. The summed E-state index contributed by atoms with van der Waals surface area (Å²) in [5.74, 6) is 0.672. The van der Waals surface area contributed by atoms with E-state index in [0.29, 0.717) is 41.0 Å². The lowest BCUT2D eigenvalue weighted by molar-refractivity contribution is -0.122. The van der Waals surface area contributed by atoms with Gasteiger partial charge in [0.15, 0.2) is 0 Å². The molecule has 1 amide bonds. The Morgan fingerprint density at radius 1 is 1.05 bits per heavy atom. The van der Waals surface area contributed by atoms with Crippen LogP contribution >= 0.6 is 24.0 Å². The number of anilines is 1. The van der Waals surface area contributed by atoms with Gasteiger partial charge in [-0.1, -0.05) is 69.9 Å². The summed E-state index contributed by atoms with van der Waals surface area (Å²) in [4.78, 5) is 31.3. The van der Waals surface area contributed by atoms with Gasteiger partial charge in [0.1, 0.15) is 21.8 Å². The van der Waals surface area contributed by atoms with Crippen LogP contribution in [0.4, 0.5) is 5.82 Å². The van der Waals surface area contributed by atoms with Crippen molar-refractivity contribution in [1.82, 2.24) is 9.47 Å². The molecule has 0 spiro atoms. The summed E-state index contributed by atoms with van der Waals surface area (Å²) in [6.07, 6.45) is 9.12. The van der Waals surface area contributed by atoms with Crippen LogP contribution in [0, 0.1) is 18.3 Å².